The van der Waals surface area contributed by atoms with Gasteiger partial charge in [0, 0.05) is 19.3 Å². The predicted molar refractivity (Wildman–Crippen MR) is 70.8 cm³/mol. The van der Waals surface area contributed by atoms with Gasteiger partial charge in [0.15, 0.2) is 0 Å². The molecule has 0 spiro atoms. The van der Waals surface area contributed by atoms with Crippen molar-refractivity contribution in [3.05, 3.63) is 18.0 Å². The van der Waals surface area contributed by atoms with Gasteiger partial charge in [-0.15, -0.1) is 0 Å². The number of rotatable bonds is 7. The minimum Gasteiger partial charge on any atom is -0.378 e. The third-order valence-corrected chi connectivity index (χ3v) is 3.54. The van der Waals surface area contributed by atoms with Gasteiger partial charge in [0.1, 0.15) is 0 Å². The van der Waals surface area contributed by atoms with E-state index in [9.17, 15) is 0 Å². The maximum Gasteiger partial charge on any atom is 0.0630 e. The Morgan fingerprint density at radius 1 is 1.67 bits per heavy atom. The Balaban J connectivity index is 1.91. The monoisotopic (exact) mass is 252 g/mol. The van der Waals surface area contributed by atoms with E-state index in [1.807, 2.05) is 10.9 Å². The Morgan fingerprint density at radius 3 is 3.22 bits per heavy atom. The topological polar surface area (TPSA) is 65.1 Å². The van der Waals surface area contributed by atoms with Crippen molar-refractivity contribution in [2.24, 2.45) is 5.84 Å². The van der Waals surface area contributed by atoms with E-state index in [1.54, 1.807) is 0 Å². The molecular formula is C13H24N4O. The molecule has 0 radical (unpaired) electrons. The lowest BCUT2D eigenvalue weighted by Gasteiger charge is -2.19. The van der Waals surface area contributed by atoms with Gasteiger partial charge in [0.05, 0.1) is 17.8 Å². The van der Waals surface area contributed by atoms with Crippen LogP contribution in [-0.2, 0) is 11.3 Å². The quantitative estimate of drug-likeness (QED) is 0.573. The van der Waals surface area contributed by atoms with Crippen molar-refractivity contribution < 1.29 is 4.74 Å². The lowest BCUT2D eigenvalue weighted by atomic mass is 10.0. The van der Waals surface area contributed by atoms with Gasteiger partial charge in [0.25, 0.3) is 0 Å². The molecule has 2 atom stereocenters. The molecule has 1 aliphatic heterocycles. The standard InChI is InChI=1S/C13H24N4O/c1-2-9-17-13(7-8-15-17)12(16-14)6-5-11-4-3-10-18-11/h7-8,11-12,16H,2-6,9-10,14H2,1H3. The Morgan fingerprint density at radius 2 is 2.56 bits per heavy atom. The van der Waals surface area contributed by atoms with Gasteiger partial charge in [0.2, 0.25) is 0 Å². The highest BCUT2D eigenvalue weighted by atomic mass is 16.5. The molecule has 2 rings (SSSR count). The molecule has 0 saturated carbocycles. The van der Waals surface area contributed by atoms with Gasteiger partial charge in [-0.05, 0) is 38.2 Å². The van der Waals surface area contributed by atoms with Gasteiger partial charge in [-0.3, -0.25) is 16.0 Å². The molecule has 1 aromatic rings. The molecule has 0 aliphatic carbocycles. The first-order valence-corrected chi connectivity index (χ1v) is 6.94. The van der Waals surface area contributed by atoms with Crippen LogP contribution in [0.3, 0.4) is 0 Å². The lowest BCUT2D eigenvalue weighted by Crippen LogP contribution is -2.30. The average Bonchev–Trinajstić information content (AvgIpc) is 3.02. The molecule has 1 aliphatic rings. The SMILES string of the molecule is CCCn1nccc1C(CCC1CCCO1)NN. The second kappa shape index (κ2) is 6.87. The van der Waals surface area contributed by atoms with Crippen LogP contribution in [0.5, 0.6) is 0 Å². The molecule has 102 valence electrons. The van der Waals surface area contributed by atoms with Crippen LogP contribution >= 0.6 is 0 Å². The van der Waals surface area contributed by atoms with E-state index in [-0.39, 0.29) is 6.04 Å². The Bertz CT molecular complexity index is 347. The van der Waals surface area contributed by atoms with E-state index in [2.05, 4.69) is 23.5 Å². The molecule has 0 amide bonds. The van der Waals surface area contributed by atoms with E-state index >= 15 is 0 Å². The third kappa shape index (κ3) is 3.31. The molecule has 0 bridgehead atoms. The van der Waals surface area contributed by atoms with E-state index in [0.717, 1.165) is 32.4 Å². The van der Waals surface area contributed by atoms with Crippen LogP contribution in [0.2, 0.25) is 0 Å². The number of nitrogens with two attached hydrogens (primary N) is 1. The highest BCUT2D eigenvalue weighted by Crippen LogP contribution is 2.23. The summed E-state index contributed by atoms with van der Waals surface area (Å²) in [5.41, 5.74) is 4.09. The summed E-state index contributed by atoms with van der Waals surface area (Å²) in [7, 11) is 0. The van der Waals surface area contributed by atoms with Crippen LogP contribution in [0, 0.1) is 0 Å². The van der Waals surface area contributed by atoms with Crippen LogP contribution in [0.1, 0.15) is 50.8 Å². The van der Waals surface area contributed by atoms with Crippen molar-refractivity contribution in [2.75, 3.05) is 6.61 Å². The van der Waals surface area contributed by atoms with Gasteiger partial charge < -0.3 is 4.74 Å². The number of nitrogens with one attached hydrogen (secondary N) is 1. The summed E-state index contributed by atoms with van der Waals surface area (Å²) in [5.74, 6) is 5.68. The lowest BCUT2D eigenvalue weighted by molar-refractivity contribution is 0.0993. The van der Waals surface area contributed by atoms with Gasteiger partial charge >= 0.3 is 0 Å². The van der Waals surface area contributed by atoms with E-state index in [1.165, 1.54) is 18.5 Å². The number of ether oxygens (including phenoxy) is 1. The fraction of sp³-hybridized carbons (Fsp3) is 0.769. The molecule has 3 N–H and O–H groups in total. The smallest absolute Gasteiger partial charge is 0.0630 e. The Hall–Kier alpha value is -0.910. The number of nitrogens with zero attached hydrogens (tertiary/aromatic N) is 2. The number of hydrazine groups is 1. The van der Waals surface area contributed by atoms with Crippen molar-refractivity contribution in [1.82, 2.24) is 15.2 Å². The van der Waals surface area contributed by atoms with Crippen molar-refractivity contribution in [3.8, 4) is 0 Å². The fourth-order valence-corrected chi connectivity index (χ4v) is 2.58. The molecule has 2 unspecified atom stereocenters. The Labute approximate surface area is 109 Å². The molecule has 2 heterocycles. The van der Waals surface area contributed by atoms with Crippen molar-refractivity contribution in [3.63, 3.8) is 0 Å². The summed E-state index contributed by atoms with van der Waals surface area (Å²) in [5, 5.41) is 4.34. The average molecular weight is 252 g/mol. The summed E-state index contributed by atoms with van der Waals surface area (Å²) in [6, 6.07) is 2.22. The molecule has 1 saturated heterocycles. The van der Waals surface area contributed by atoms with Gasteiger partial charge in [-0.25, -0.2) is 0 Å². The second-order valence-electron chi connectivity index (χ2n) is 4.91. The maximum absolute atomic E-state index is 5.68. The van der Waals surface area contributed by atoms with E-state index in [4.69, 9.17) is 10.6 Å². The summed E-state index contributed by atoms with van der Waals surface area (Å²) in [4.78, 5) is 0. The summed E-state index contributed by atoms with van der Waals surface area (Å²) < 4.78 is 7.69. The van der Waals surface area contributed by atoms with Crippen LogP contribution in [0.15, 0.2) is 12.3 Å². The first kappa shape index (κ1) is 13.5. The van der Waals surface area contributed by atoms with Crippen molar-refractivity contribution >= 4 is 0 Å². The largest absolute Gasteiger partial charge is 0.378 e. The van der Waals surface area contributed by atoms with Crippen LogP contribution in [-0.4, -0.2) is 22.5 Å². The summed E-state index contributed by atoms with van der Waals surface area (Å²) in [6.07, 6.45) is 7.79. The first-order valence-electron chi connectivity index (χ1n) is 6.94. The highest BCUT2D eigenvalue weighted by molar-refractivity contribution is 5.06. The zero-order chi connectivity index (χ0) is 12.8. The molecule has 5 heteroatoms. The van der Waals surface area contributed by atoms with Crippen molar-refractivity contribution in [2.45, 2.75) is 57.7 Å². The minimum absolute atomic E-state index is 0.170. The van der Waals surface area contributed by atoms with Gasteiger partial charge in [-0.2, -0.15) is 5.10 Å². The number of hydrogen-bond donors (Lipinski definition) is 2. The summed E-state index contributed by atoms with van der Waals surface area (Å²) >= 11 is 0. The number of aryl methyl sites for hydroxylation is 1. The van der Waals surface area contributed by atoms with E-state index < -0.39 is 0 Å². The fourth-order valence-electron chi connectivity index (χ4n) is 2.58. The molecule has 0 aromatic carbocycles. The van der Waals surface area contributed by atoms with Gasteiger partial charge in [-0.1, -0.05) is 6.92 Å². The normalized spacial score (nSPS) is 21.3. The highest BCUT2D eigenvalue weighted by Gasteiger charge is 2.20. The third-order valence-electron chi connectivity index (χ3n) is 3.54. The minimum atomic E-state index is 0.170. The van der Waals surface area contributed by atoms with Crippen LogP contribution < -0.4 is 11.3 Å². The van der Waals surface area contributed by atoms with E-state index in [0.29, 0.717) is 6.10 Å². The zero-order valence-corrected chi connectivity index (χ0v) is 11.1. The first-order chi connectivity index (χ1) is 8.85. The number of aromatic nitrogens is 2. The summed E-state index contributed by atoms with van der Waals surface area (Å²) in [6.45, 7) is 4.02. The second-order valence-corrected chi connectivity index (χ2v) is 4.91. The maximum atomic E-state index is 5.68. The zero-order valence-electron chi connectivity index (χ0n) is 11.1. The van der Waals surface area contributed by atoms with Crippen molar-refractivity contribution in [1.29, 1.82) is 0 Å². The molecular weight excluding hydrogens is 228 g/mol. The predicted octanol–water partition coefficient (Wildman–Crippen LogP) is 1.76. The molecule has 1 fully saturated rings. The van der Waals surface area contributed by atoms with Crippen LogP contribution in [0.4, 0.5) is 0 Å². The Kier molecular flexibility index (Phi) is 5.16. The molecule has 18 heavy (non-hydrogen) atoms. The molecule has 1 aromatic heterocycles. The number of hydrogen-bond acceptors (Lipinski definition) is 4. The van der Waals surface area contributed by atoms with Crippen LogP contribution in [0.25, 0.3) is 0 Å². The molecule has 5 nitrogen and oxygen atoms in total.